The molecule has 1 aliphatic carbocycles. The third-order valence-corrected chi connectivity index (χ3v) is 14.4. The van der Waals surface area contributed by atoms with Gasteiger partial charge >= 0.3 is 0 Å². The standard InChI is InChI=1S/C53H45BN2O3S/c1-52(2,3)32-18-22-34(23-19-32)55-39-13-11-14-40-46(39)54(51-47(55)36-26-28-42-37(50(36)60-51)30-31-12-7-8-15-41(31)57-42)38-27-29-45-49(59-44-17-10-9-16-43(44)58-45)48(38)56(40)35-24-20-33(21-25-35)53(4,5)6/h7-12,14-29,39H,13,30H2,1-6H3. The van der Waals surface area contributed by atoms with E-state index in [1.54, 1.807) is 0 Å². The Balaban J connectivity index is 1.14. The van der Waals surface area contributed by atoms with Gasteiger partial charge in [-0.2, -0.15) is 0 Å². The molecule has 0 spiro atoms. The molecule has 5 heterocycles. The number of fused-ring (bicyclic) bond motifs is 12. The van der Waals surface area contributed by atoms with Crippen LogP contribution in [0.5, 0.6) is 34.5 Å². The van der Waals surface area contributed by atoms with Crippen molar-refractivity contribution in [2.45, 2.75) is 71.3 Å². The normalized spacial score (nSPS) is 17.0. The Hall–Kier alpha value is -6.18. The fourth-order valence-electron chi connectivity index (χ4n) is 10.1. The van der Waals surface area contributed by atoms with Crippen molar-refractivity contribution in [2.24, 2.45) is 0 Å². The first-order chi connectivity index (χ1) is 29.0. The summed E-state index contributed by atoms with van der Waals surface area (Å²) < 4.78 is 22.9. The second-order valence-electron chi connectivity index (χ2n) is 18.8. The van der Waals surface area contributed by atoms with Crippen molar-refractivity contribution < 1.29 is 14.2 Å². The fraction of sp³-hybridized carbons (Fsp3) is 0.208. The molecular weight excluding hydrogens is 755 g/mol. The summed E-state index contributed by atoms with van der Waals surface area (Å²) in [6, 6.07) is 44.0. The van der Waals surface area contributed by atoms with Gasteiger partial charge < -0.3 is 24.0 Å². The summed E-state index contributed by atoms with van der Waals surface area (Å²) >= 11 is 1.94. The minimum atomic E-state index is -0.00828. The van der Waals surface area contributed by atoms with Crippen LogP contribution in [0.3, 0.4) is 0 Å². The van der Waals surface area contributed by atoms with Crippen molar-refractivity contribution >= 4 is 61.1 Å². The molecule has 12 rings (SSSR count). The van der Waals surface area contributed by atoms with Crippen LogP contribution in [0, 0.1) is 0 Å². The molecule has 7 aromatic rings. The van der Waals surface area contributed by atoms with Gasteiger partial charge in [0.1, 0.15) is 11.5 Å². The van der Waals surface area contributed by atoms with Crippen LogP contribution in [0.2, 0.25) is 0 Å². The van der Waals surface area contributed by atoms with Crippen molar-refractivity contribution in [3.63, 3.8) is 0 Å². The average molecular weight is 801 g/mol. The molecule has 0 amide bonds. The van der Waals surface area contributed by atoms with Gasteiger partial charge in [-0.1, -0.05) is 108 Å². The molecule has 0 bridgehead atoms. The Kier molecular flexibility index (Phi) is 7.55. The van der Waals surface area contributed by atoms with Crippen LogP contribution < -0.4 is 34.2 Å². The molecule has 5 nitrogen and oxygen atoms in total. The molecule has 0 radical (unpaired) electrons. The van der Waals surface area contributed by atoms with Crippen LogP contribution in [0.15, 0.2) is 145 Å². The van der Waals surface area contributed by atoms with Crippen LogP contribution in [0.4, 0.5) is 22.7 Å². The van der Waals surface area contributed by atoms with E-state index in [9.17, 15) is 0 Å². The van der Waals surface area contributed by atoms with Crippen molar-refractivity contribution in [3.8, 4) is 34.5 Å². The minimum Gasteiger partial charge on any atom is -0.457 e. The van der Waals surface area contributed by atoms with Gasteiger partial charge in [0.15, 0.2) is 23.0 Å². The molecule has 1 atom stereocenters. The van der Waals surface area contributed by atoms with Gasteiger partial charge in [0.05, 0.1) is 17.4 Å². The summed E-state index contributed by atoms with van der Waals surface area (Å²) in [4.78, 5) is 5.12. The minimum absolute atomic E-state index is 0.00828. The highest BCUT2D eigenvalue weighted by Gasteiger charge is 2.51. The number of benzene rings is 6. The van der Waals surface area contributed by atoms with E-state index < -0.39 is 0 Å². The first-order valence-corrected chi connectivity index (χ1v) is 22.0. The lowest BCUT2D eigenvalue weighted by Gasteiger charge is -2.49. The third-order valence-electron chi connectivity index (χ3n) is 13.1. The number of thiophene rings is 1. The van der Waals surface area contributed by atoms with Crippen LogP contribution >= 0.6 is 11.3 Å². The molecule has 0 N–H and O–H groups in total. The Morgan fingerprint density at radius 1 is 0.617 bits per heavy atom. The highest BCUT2D eigenvalue weighted by atomic mass is 32.1. The lowest BCUT2D eigenvalue weighted by molar-refractivity contribution is 0.360. The Morgan fingerprint density at radius 3 is 1.97 bits per heavy atom. The maximum absolute atomic E-state index is 6.97. The largest absolute Gasteiger partial charge is 0.457 e. The van der Waals surface area contributed by atoms with Gasteiger partial charge in [-0.05, 0) is 112 Å². The van der Waals surface area contributed by atoms with Crippen molar-refractivity contribution in [1.82, 2.24) is 0 Å². The van der Waals surface area contributed by atoms with E-state index >= 15 is 0 Å². The molecule has 5 aliphatic rings. The summed E-state index contributed by atoms with van der Waals surface area (Å²) in [6.45, 7) is 13.7. The average Bonchev–Trinajstić information content (AvgIpc) is 3.64. The van der Waals surface area contributed by atoms with Crippen LogP contribution in [-0.2, 0) is 17.3 Å². The number of allylic oxidation sites excluding steroid dienone is 1. The van der Waals surface area contributed by atoms with Crippen molar-refractivity contribution in [1.29, 1.82) is 0 Å². The molecule has 294 valence electrons. The van der Waals surface area contributed by atoms with Crippen LogP contribution in [0.25, 0.3) is 10.1 Å². The second kappa shape index (κ2) is 12.7. The van der Waals surface area contributed by atoms with E-state index in [-0.39, 0.29) is 23.6 Å². The van der Waals surface area contributed by atoms with Gasteiger partial charge in [-0.3, -0.25) is 0 Å². The monoisotopic (exact) mass is 800 g/mol. The fourth-order valence-corrected chi connectivity index (χ4v) is 11.5. The summed E-state index contributed by atoms with van der Waals surface area (Å²) in [5.74, 6) is 4.82. The Labute approximate surface area is 356 Å². The lowest BCUT2D eigenvalue weighted by atomic mass is 9.34. The van der Waals surface area contributed by atoms with Gasteiger partial charge in [-0.25, -0.2) is 0 Å². The SMILES string of the molecule is CC(C)(C)c1ccc(N2C3=C4B(c5ccc6c(c52)Oc2ccccc2O6)c2sc5c6c(ccc5c2N(c2ccc(C(C)(C)C)cc2)C4CC=C3)Oc2ccccc2C6)cc1. The predicted molar refractivity (Wildman–Crippen MR) is 248 cm³/mol. The Bertz CT molecular complexity index is 3000. The molecule has 0 fully saturated rings. The quantitative estimate of drug-likeness (QED) is 0.163. The second-order valence-corrected chi connectivity index (χ2v) is 19.9. The summed E-state index contributed by atoms with van der Waals surface area (Å²) in [5.41, 5.74) is 13.7. The number of para-hydroxylation sites is 3. The molecule has 4 aliphatic heterocycles. The molecule has 6 aromatic carbocycles. The summed E-state index contributed by atoms with van der Waals surface area (Å²) in [7, 11) is 0. The predicted octanol–water partition coefficient (Wildman–Crippen LogP) is 13.1. The zero-order valence-electron chi connectivity index (χ0n) is 34.8. The van der Waals surface area contributed by atoms with Crippen LogP contribution in [-0.4, -0.2) is 12.8 Å². The summed E-state index contributed by atoms with van der Waals surface area (Å²) in [6.07, 6.45) is 6.47. The number of hydrogen-bond acceptors (Lipinski definition) is 6. The number of ether oxygens (including phenoxy) is 3. The maximum atomic E-state index is 6.97. The topological polar surface area (TPSA) is 34.2 Å². The third kappa shape index (κ3) is 5.24. The molecule has 1 unspecified atom stereocenters. The van der Waals surface area contributed by atoms with E-state index in [0.717, 1.165) is 58.7 Å². The molecular formula is C53H45BN2O3S. The number of nitrogens with zero attached hydrogens (tertiary/aromatic N) is 2. The number of hydrogen-bond donors (Lipinski definition) is 0. The molecule has 7 heteroatoms. The molecule has 1 aromatic heterocycles. The van der Waals surface area contributed by atoms with E-state index in [1.165, 1.54) is 65.1 Å². The first kappa shape index (κ1) is 35.7. The highest BCUT2D eigenvalue weighted by Crippen LogP contribution is 2.56. The van der Waals surface area contributed by atoms with E-state index in [1.807, 2.05) is 35.6 Å². The van der Waals surface area contributed by atoms with E-state index in [2.05, 4.69) is 161 Å². The van der Waals surface area contributed by atoms with Gasteiger partial charge in [0.25, 0.3) is 6.71 Å². The zero-order valence-corrected chi connectivity index (χ0v) is 35.6. The molecule has 0 saturated heterocycles. The van der Waals surface area contributed by atoms with Crippen molar-refractivity contribution in [3.05, 3.63) is 167 Å². The van der Waals surface area contributed by atoms with Gasteiger partial charge in [0, 0.05) is 43.9 Å². The molecule has 0 saturated carbocycles. The summed E-state index contributed by atoms with van der Waals surface area (Å²) in [5, 5.41) is 1.28. The smallest absolute Gasteiger partial charge is 0.260 e. The Morgan fingerprint density at radius 2 is 1.25 bits per heavy atom. The van der Waals surface area contributed by atoms with E-state index in [4.69, 9.17) is 14.2 Å². The van der Waals surface area contributed by atoms with Crippen LogP contribution in [0.1, 0.15) is 70.2 Å². The maximum Gasteiger partial charge on any atom is 0.260 e. The first-order valence-electron chi connectivity index (χ1n) is 21.2. The highest BCUT2D eigenvalue weighted by molar-refractivity contribution is 7.32. The van der Waals surface area contributed by atoms with E-state index in [0.29, 0.717) is 0 Å². The molecule has 60 heavy (non-hydrogen) atoms. The van der Waals surface area contributed by atoms with Gasteiger partial charge in [-0.15, -0.1) is 11.3 Å². The lowest BCUT2D eigenvalue weighted by Crippen LogP contribution is -2.60. The number of anilines is 4. The van der Waals surface area contributed by atoms with Crippen molar-refractivity contribution in [2.75, 3.05) is 9.80 Å². The number of rotatable bonds is 2. The zero-order chi connectivity index (χ0) is 40.7. The van der Waals surface area contributed by atoms with Gasteiger partial charge in [0.2, 0.25) is 0 Å².